The van der Waals surface area contributed by atoms with E-state index < -0.39 is 0 Å². The highest BCUT2D eigenvalue weighted by molar-refractivity contribution is 5.33. The Hall–Kier alpha value is -1.36. The van der Waals surface area contributed by atoms with Gasteiger partial charge in [0.1, 0.15) is 0 Å². The summed E-state index contributed by atoms with van der Waals surface area (Å²) in [5, 5.41) is 3.25. The highest BCUT2D eigenvalue weighted by Crippen LogP contribution is 2.16. The molecule has 0 aromatic carbocycles. The summed E-state index contributed by atoms with van der Waals surface area (Å²) in [4.78, 5) is 8.69. The van der Waals surface area contributed by atoms with E-state index in [-0.39, 0.29) is 5.54 Å². The van der Waals surface area contributed by atoms with Crippen LogP contribution in [0.4, 0.5) is 5.95 Å². The molecule has 1 aromatic heterocycles. The number of nitrogens with zero attached hydrogens (tertiary/aromatic N) is 2. The van der Waals surface area contributed by atoms with Crippen molar-refractivity contribution in [3.05, 3.63) is 11.8 Å². The maximum Gasteiger partial charge on any atom is 0.226 e. The van der Waals surface area contributed by atoms with Crippen LogP contribution < -0.4 is 10.1 Å². The van der Waals surface area contributed by atoms with Crippen LogP contribution in [0.5, 0.6) is 5.88 Å². The van der Waals surface area contributed by atoms with E-state index in [0.29, 0.717) is 25.0 Å². The Morgan fingerprint density at radius 3 is 2.67 bits per heavy atom. The number of anilines is 1. The Balaban J connectivity index is 2.79. The summed E-state index contributed by atoms with van der Waals surface area (Å²) in [6, 6.07) is 1.84. The van der Waals surface area contributed by atoms with Crippen molar-refractivity contribution in [1.29, 1.82) is 0 Å². The van der Waals surface area contributed by atoms with Crippen LogP contribution in [-0.4, -0.2) is 35.8 Å². The second-order valence-electron chi connectivity index (χ2n) is 4.96. The molecule has 1 rings (SSSR count). The van der Waals surface area contributed by atoms with Gasteiger partial charge in [-0.3, -0.25) is 0 Å². The minimum Gasteiger partial charge on any atom is -0.478 e. The van der Waals surface area contributed by atoms with Gasteiger partial charge in [-0.25, -0.2) is 4.98 Å². The number of rotatable bonds is 7. The molecule has 0 radical (unpaired) electrons. The summed E-state index contributed by atoms with van der Waals surface area (Å²) in [6.07, 6.45) is 0.959. The average Bonchev–Trinajstić information content (AvgIpc) is 2.24. The monoisotopic (exact) mass is 253 g/mol. The molecule has 102 valence electrons. The fourth-order valence-corrected chi connectivity index (χ4v) is 1.58. The van der Waals surface area contributed by atoms with Gasteiger partial charge in [0.05, 0.1) is 18.8 Å². The van der Waals surface area contributed by atoms with Crippen LogP contribution in [0.3, 0.4) is 0 Å². The lowest BCUT2D eigenvalue weighted by molar-refractivity contribution is 0.157. The van der Waals surface area contributed by atoms with Gasteiger partial charge in [-0.15, -0.1) is 0 Å². The van der Waals surface area contributed by atoms with Gasteiger partial charge in [-0.1, -0.05) is 6.92 Å². The van der Waals surface area contributed by atoms with Crippen LogP contribution in [0.1, 0.15) is 32.9 Å². The van der Waals surface area contributed by atoms with Crippen molar-refractivity contribution < 1.29 is 9.47 Å². The first kappa shape index (κ1) is 14.7. The zero-order valence-electron chi connectivity index (χ0n) is 11.9. The highest BCUT2D eigenvalue weighted by Gasteiger charge is 2.19. The van der Waals surface area contributed by atoms with Crippen LogP contribution in [0.2, 0.25) is 0 Å². The lowest BCUT2D eigenvalue weighted by atomic mass is 10.1. The maximum atomic E-state index is 5.53. The standard InChI is InChI=1S/C13H23N3O2/c1-6-7-18-11-8-10(2)14-12(15-11)16-13(3,4)9-17-5/h8H,6-7,9H2,1-5H3,(H,14,15,16). The normalized spacial score (nSPS) is 11.4. The van der Waals surface area contributed by atoms with Crippen molar-refractivity contribution in [3.63, 3.8) is 0 Å². The van der Waals surface area contributed by atoms with E-state index in [4.69, 9.17) is 9.47 Å². The lowest BCUT2D eigenvalue weighted by Gasteiger charge is -2.25. The summed E-state index contributed by atoms with van der Waals surface area (Å²) in [5.41, 5.74) is 0.664. The summed E-state index contributed by atoms with van der Waals surface area (Å²) < 4.78 is 10.7. The van der Waals surface area contributed by atoms with Crippen molar-refractivity contribution in [3.8, 4) is 5.88 Å². The molecule has 1 aromatic rings. The molecule has 0 amide bonds. The largest absolute Gasteiger partial charge is 0.478 e. The number of hydrogen-bond acceptors (Lipinski definition) is 5. The van der Waals surface area contributed by atoms with Crippen LogP contribution in [0.25, 0.3) is 0 Å². The highest BCUT2D eigenvalue weighted by atomic mass is 16.5. The quantitative estimate of drug-likeness (QED) is 0.808. The van der Waals surface area contributed by atoms with Crippen molar-refractivity contribution in [2.45, 2.75) is 39.7 Å². The third kappa shape index (κ3) is 4.87. The first-order valence-electron chi connectivity index (χ1n) is 6.22. The number of aryl methyl sites for hydroxylation is 1. The zero-order valence-corrected chi connectivity index (χ0v) is 11.9. The summed E-state index contributed by atoms with van der Waals surface area (Å²) in [7, 11) is 1.68. The van der Waals surface area contributed by atoms with Crippen molar-refractivity contribution in [2.75, 3.05) is 25.6 Å². The van der Waals surface area contributed by atoms with Crippen molar-refractivity contribution in [2.24, 2.45) is 0 Å². The van der Waals surface area contributed by atoms with Gasteiger partial charge in [0, 0.05) is 18.9 Å². The molecule has 0 spiro atoms. The summed E-state index contributed by atoms with van der Waals surface area (Å²) >= 11 is 0. The Labute approximate surface area is 109 Å². The fraction of sp³-hybridized carbons (Fsp3) is 0.692. The van der Waals surface area contributed by atoms with E-state index in [0.717, 1.165) is 12.1 Å². The molecule has 5 heteroatoms. The molecule has 0 saturated heterocycles. The molecule has 1 N–H and O–H groups in total. The topological polar surface area (TPSA) is 56.3 Å². The molecule has 0 bridgehead atoms. The molecule has 0 aliphatic heterocycles. The van der Waals surface area contributed by atoms with Crippen LogP contribution in [0.15, 0.2) is 6.07 Å². The zero-order chi connectivity index (χ0) is 13.6. The Morgan fingerprint density at radius 2 is 2.06 bits per heavy atom. The predicted octanol–water partition coefficient (Wildman–Crippen LogP) is 2.41. The van der Waals surface area contributed by atoms with Gasteiger partial charge in [0.2, 0.25) is 11.8 Å². The van der Waals surface area contributed by atoms with Gasteiger partial charge >= 0.3 is 0 Å². The second kappa shape index (κ2) is 6.54. The van der Waals surface area contributed by atoms with E-state index in [1.54, 1.807) is 7.11 Å². The molecule has 18 heavy (non-hydrogen) atoms. The van der Waals surface area contributed by atoms with E-state index in [9.17, 15) is 0 Å². The number of ether oxygens (including phenoxy) is 2. The first-order valence-corrected chi connectivity index (χ1v) is 6.22. The molecular weight excluding hydrogens is 230 g/mol. The SMILES string of the molecule is CCCOc1cc(C)nc(NC(C)(C)COC)n1. The predicted molar refractivity (Wildman–Crippen MR) is 72.1 cm³/mol. The Morgan fingerprint density at radius 1 is 1.33 bits per heavy atom. The lowest BCUT2D eigenvalue weighted by Crippen LogP contribution is -2.36. The molecule has 0 aliphatic rings. The van der Waals surface area contributed by atoms with Crippen molar-refractivity contribution in [1.82, 2.24) is 9.97 Å². The molecule has 0 fully saturated rings. The molecule has 0 unspecified atom stereocenters. The number of hydrogen-bond donors (Lipinski definition) is 1. The van der Waals surface area contributed by atoms with Crippen LogP contribution in [-0.2, 0) is 4.74 Å². The third-order valence-corrected chi connectivity index (χ3v) is 2.24. The Bertz CT molecular complexity index is 380. The smallest absolute Gasteiger partial charge is 0.226 e. The minimum atomic E-state index is -0.218. The number of methoxy groups -OCH3 is 1. The fourth-order valence-electron chi connectivity index (χ4n) is 1.58. The molecular formula is C13H23N3O2. The molecule has 0 aliphatic carbocycles. The van der Waals surface area contributed by atoms with Crippen molar-refractivity contribution >= 4 is 5.95 Å². The van der Waals surface area contributed by atoms with E-state index in [1.807, 2.05) is 26.8 Å². The minimum absolute atomic E-state index is 0.218. The number of aromatic nitrogens is 2. The van der Waals surface area contributed by atoms with Gasteiger partial charge < -0.3 is 14.8 Å². The van der Waals surface area contributed by atoms with Gasteiger partial charge in [0.25, 0.3) is 0 Å². The van der Waals surface area contributed by atoms with Gasteiger partial charge in [0.15, 0.2) is 0 Å². The Kier molecular flexibility index (Phi) is 5.34. The first-order chi connectivity index (χ1) is 8.46. The van der Waals surface area contributed by atoms with Crippen LogP contribution >= 0.6 is 0 Å². The van der Waals surface area contributed by atoms with E-state index in [2.05, 4.69) is 22.2 Å². The molecule has 0 saturated carbocycles. The summed E-state index contributed by atoms with van der Waals surface area (Å²) in [5.74, 6) is 1.18. The molecule has 0 atom stereocenters. The van der Waals surface area contributed by atoms with Crippen LogP contribution in [0, 0.1) is 6.92 Å². The summed E-state index contributed by atoms with van der Waals surface area (Å²) in [6.45, 7) is 9.31. The second-order valence-corrected chi connectivity index (χ2v) is 4.96. The van der Waals surface area contributed by atoms with E-state index >= 15 is 0 Å². The maximum absolute atomic E-state index is 5.53. The third-order valence-electron chi connectivity index (χ3n) is 2.24. The van der Waals surface area contributed by atoms with Gasteiger partial charge in [-0.05, 0) is 27.2 Å². The molecule has 5 nitrogen and oxygen atoms in total. The number of nitrogens with one attached hydrogen (secondary N) is 1. The molecule has 1 heterocycles. The van der Waals surface area contributed by atoms with E-state index in [1.165, 1.54) is 0 Å². The average molecular weight is 253 g/mol. The van der Waals surface area contributed by atoms with Gasteiger partial charge in [-0.2, -0.15) is 4.98 Å².